The molecule has 2 rings (SSSR count). The van der Waals surface area contributed by atoms with Gasteiger partial charge in [0.25, 0.3) is 5.91 Å². The molecule has 0 aromatic heterocycles. The number of esters is 1. The van der Waals surface area contributed by atoms with E-state index in [1.165, 1.54) is 56.6 Å². The summed E-state index contributed by atoms with van der Waals surface area (Å²) in [5, 5.41) is 2.88. The van der Waals surface area contributed by atoms with Crippen LogP contribution in [0.3, 0.4) is 0 Å². The van der Waals surface area contributed by atoms with E-state index in [-0.39, 0.29) is 16.1 Å². The van der Waals surface area contributed by atoms with Crippen LogP contribution in [0, 0.1) is 0 Å². The molecule has 0 unspecified atom stereocenters. The number of amides is 1. The number of carbonyl (C=O) groups is 2. The van der Waals surface area contributed by atoms with Gasteiger partial charge in [-0.15, -0.1) is 0 Å². The van der Waals surface area contributed by atoms with Crippen LogP contribution >= 0.6 is 11.6 Å². The molecule has 0 saturated heterocycles. The molecule has 3 N–H and O–H groups in total. The first-order valence-electron chi connectivity index (χ1n) is 7.66. The van der Waals surface area contributed by atoms with Crippen LogP contribution in [0.4, 0.5) is 11.4 Å². The second kappa shape index (κ2) is 8.38. The molecule has 0 fully saturated rings. The molecule has 0 heterocycles. The lowest BCUT2D eigenvalue weighted by Gasteiger charge is -2.12. The fourth-order valence-electron chi connectivity index (χ4n) is 2.05. The van der Waals surface area contributed by atoms with E-state index in [9.17, 15) is 18.0 Å². The molecule has 1 amide bonds. The number of hydrogen-bond donors (Lipinski definition) is 2. The molecule has 2 aromatic rings. The van der Waals surface area contributed by atoms with Crippen molar-refractivity contribution in [2.75, 3.05) is 31.8 Å². The summed E-state index contributed by atoms with van der Waals surface area (Å²) in [6.07, 6.45) is 0. The van der Waals surface area contributed by atoms with Gasteiger partial charge in [0.05, 0.1) is 10.5 Å². The number of carbonyl (C=O) groups excluding carboxylic acids is 2. The Morgan fingerprint density at radius 1 is 1.15 bits per heavy atom. The Balaban J connectivity index is 1.95. The quantitative estimate of drug-likeness (QED) is 0.554. The largest absolute Gasteiger partial charge is 0.452 e. The SMILES string of the molecule is CN(C)S(=O)(=O)c1ccc(NC(=O)COC(=O)c2ccc(Cl)cc2N)cc1. The normalized spacial score (nSPS) is 11.3. The summed E-state index contributed by atoms with van der Waals surface area (Å²) in [5.74, 6) is -1.34. The van der Waals surface area contributed by atoms with E-state index in [1.54, 1.807) is 0 Å². The Morgan fingerprint density at radius 3 is 2.33 bits per heavy atom. The number of nitrogens with two attached hydrogens (primary N) is 1. The zero-order chi connectivity index (χ0) is 20.2. The number of benzene rings is 2. The highest BCUT2D eigenvalue weighted by Gasteiger charge is 2.17. The van der Waals surface area contributed by atoms with Crippen molar-refractivity contribution in [2.45, 2.75) is 4.90 Å². The standard InChI is InChI=1S/C17H18ClN3O5S/c1-21(2)27(24,25)13-6-4-12(5-7-13)20-16(22)10-26-17(23)14-8-3-11(18)9-15(14)19/h3-9H,10,19H2,1-2H3,(H,20,22). The summed E-state index contributed by atoms with van der Waals surface area (Å²) < 4.78 is 30.0. The monoisotopic (exact) mass is 411 g/mol. The van der Waals surface area contributed by atoms with Crippen LogP contribution in [0.1, 0.15) is 10.4 Å². The number of rotatable bonds is 6. The molecule has 0 radical (unpaired) electrons. The van der Waals surface area contributed by atoms with E-state index in [4.69, 9.17) is 22.1 Å². The van der Waals surface area contributed by atoms with Crippen LogP contribution in [0.25, 0.3) is 0 Å². The number of nitrogens with zero attached hydrogens (tertiary/aromatic N) is 1. The lowest BCUT2D eigenvalue weighted by atomic mass is 10.2. The molecule has 144 valence electrons. The Kier molecular flexibility index (Phi) is 6.42. The maximum Gasteiger partial charge on any atom is 0.340 e. The molecule has 0 bridgehead atoms. The van der Waals surface area contributed by atoms with Crippen molar-refractivity contribution in [1.29, 1.82) is 0 Å². The predicted octanol–water partition coefficient (Wildman–Crippen LogP) is 1.97. The van der Waals surface area contributed by atoms with Crippen molar-refractivity contribution in [1.82, 2.24) is 4.31 Å². The minimum atomic E-state index is -3.55. The third-order valence-electron chi connectivity index (χ3n) is 3.48. The van der Waals surface area contributed by atoms with E-state index >= 15 is 0 Å². The minimum absolute atomic E-state index is 0.0927. The van der Waals surface area contributed by atoms with Gasteiger partial charge in [-0.05, 0) is 42.5 Å². The lowest BCUT2D eigenvalue weighted by Crippen LogP contribution is -2.23. The molecule has 0 aliphatic carbocycles. The molecule has 10 heteroatoms. The molecule has 8 nitrogen and oxygen atoms in total. The van der Waals surface area contributed by atoms with Gasteiger partial charge in [0, 0.05) is 30.5 Å². The van der Waals surface area contributed by atoms with Gasteiger partial charge in [-0.3, -0.25) is 4.79 Å². The molecule has 0 aliphatic rings. The van der Waals surface area contributed by atoms with Crippen molar-refractivity contribution < 1.29 is 22.7 Å². The Bertz CT molecular complexity index is 959. The van der Waals surface area contributed by atoms with Crippen molar-refractivity contribution in [3.8, 4) is 0 Å². The lowest BCUT2D eigenvalue weighted by molar-refractivity contribution is -0.119. The number of sulfonamides is 1. The topological polar surface area (TPSA) is 119 Å². The summed E-state index contributed by atoms with van der Waals surface area (Å²) in [5.41, 5.74) is 6.29. The van der Waals surface area contributed by atoms with Crippen LogP contribution in [0.2, 0.25) is 5.02 Å². The summed E-state index contributed by atoms with van der Waals surface area (Å²) in [4.78, 5) is 24.0. The van der Waals surface area contributed by atoms with E-state index < -0.39 is 28.5 Å². The van der Waals surface area contributed by atoms with Crippen LogP contribution in [0.5, 0.6) is 0 Å². The molecular weight excluding hydrogens is 394 g/mol. The van der Waals surface area contributed by atoms with Crippen molar-refractivity contribution in [3.63, 3.8) is 0 Å². The second-order valence-corrected chi connectivity index (χ2v) is 8.26. The van der Waals surface area contributed by atoms with E-state index in [2.05, 4.69) is 5.32 Å². The van der Waals surface area contributed by atoms with Crippen molar-refractivity contribution in [2.24, 2.45) is 0 Å². The average Bonchev–Trinajstić information content (AvgIpc) is 2.60. The van der Waals surface area contributed by atoms with Gasteiger partial charge in [0.2, 0.25) is 10.0 Å². The fraction of sp³-hybridized carbons (Fsp3) is 0.176. The fourth-order valence-corrected chi connectivity index (χ4v) is 3.13. The third kappa shape index (κ3) is 5.19. The second-order valence-electron chi connectivity index (χ2n) is 5.67. The predicted molar refractivity (Wildman–Crippen MR) is 102 cm³/mol. The van der Waals surface area contributed by atoms with Gasteiger partial charge in [-0.25, -0.2) is 17.5 Å². The average molecular weight is 412 g/mol. The van der Waals surface area contributed by atoms with Gasteiger partial charge >= 0.3 is 5.97 Å². The van der Waals surface area contributed by atoms with Gasteiger partial charge in [0.15, 0.2) is 6.61 Å². The van der Waals surface area contributed by atoms with Gasteiger partial charge < -0.3 is 15.8 Å². The van der Waals surface area contributed by atoms with Crippen LogP contribution in [-0.4, -0.2) is 45.3 Å². The molecule has 0 saturated carbocycles. The van der Waals surface area contributed by atoms with Crippen molar-refractivity contribution in [3.05, 3.63) is 53.1 Å². The summed E-state index contributed by atoms with van der Waals surface area (Å²) >= 11 is 5.76. The first-order valence-corrected chi connectivity index (χ1v) is 9.47. The molecular formula is C17H18ClN3O5S. The molecule has 2 aromatic carbocycles. The zero-order valence-corrected chi connectivity index (χ0v) is 16.2. The number of halogens is 1. The molecule has 0 spiro atoms. The highest BCUT2D eigenvalue weighted by Crippen LogP contribution is 2.19. The highest BCUT2D eigenvalue weighted by atomic mass is 35.5. The van der Waals surface area contributed by atoms with Crippen LogP contribution < -0.4 is 11.1 Å². The summed E-state index contributed by atoms with van der Waals surface area (Å²) in [6, 6.07) is 9.90. The maximum absolute atomic E-state index is 12.0. The Hall–Kier alpha value is -2.62. The number of hydrogen-bond acceptors (Lipinski definition) is 6. The van der Waals surface area contributed by atoms with Crippen molar-refractivity contribution >= 4 is 44.9 Å². The Morgan fingerprint density at radius 2 is 1.78 bits per heavy atom. The van der Waals surface area contributed by atoms with E-state index in [0.717, 1.165) is 4.31 Å². The number of ether oxygens (including phenoxy) is 1. The van der Waals surface area contributed by atoms with Crippen LogP contribution in [0.15, 0.2) is 47.4 Å². The number of nitrogens with one attached hydrogen (secondary N) is 1. The first kappa shape index (κ1) is 20.7. The van der Waals surface area contributed by atoms with Gasteiger partial charge in [-0.2, -0.15) is 0 Å². The van der Waals surface area contributed by atoms with Gasteiger partial charge in [0.1, 0.15) is 0 Å². The summed E-state index contributed by atoms with van der Waals surface area (Å²) in [7, 11) is -0.705. The highest BCUT2D eigenvalue weighted by molar-refractivity contribution is 7.89. The Labute approximate surface area is 161 Å². The minimum Gasteiger partial charge on any atom is -0.452 e. The molecule has 0 aliphatic heterocycles. The van der Waals surface area contributed by atoms with E-state index in [1.807, 2.05) is 0 Å². The number of nitrogen functional groups attached to an aromatic ring is 1. The summed E-state index contributed by atoms with van der Waals surface area (Å²) in [6.45, 7) is -0.529. The van der Waals surface area contributed by atoms with Crippen LogP contribution in [-0.2, 0) is 19.6 Å². The van der Waals surface area contributed by atoms with E-state index in [0.29, 0.717) is 10.7 Å². The first-order chi connectivity index (χ1) is 12.6. The van der Waals surface area contributed by atoms with Gasteiger partial charge in [-0.1, -0.05) is 11.6 Å². The molecule has 27 heavy (non-hydrogen) atoms. The number of anilines is 2. The zero-order valence-electron chi connectivity index (χ0n) is 14.6. The third-order valence-corrected chi connectivity index (χ3v) is 5.55. The smallest absolute Gasteiger partial charge is 0.340 e. The maximum atomic E-state index is 12.0. The molecule has 0 atom stereocenters.